The lowest BCUT2D eigenvalue weighted by atomic mass is 10.0. The van der Waals surface area contributed by atoms with E-state index in [0.29, 0.717) is 5.56 Å². The predicted molar refractivity (Wildman–Crippen MR) is 73.5 cm³/mol. The number of carbonyl (C=O) groups excluding carboxylic acids is 2. The first-order valence-electron chi connectivity index (χ1n) is 5.88. The number of hydrogen-bond donors (Lipinski definition) is 0. The van der Waals surface area contributed by atoms with Gasteiger partial charge in [-0.05, 0) is 20.8 Å². The molecule has 0 heterocycles. The van der Waals surface area contributed by atoms with Gasteiger partial charge in [-0.1, -0.05) is 30.3 Å². The number of rotatable bonds is 5. The van der Waals surface area contributed by atoms with E-state index in [4.69, 9.17) is 0 Å². The second-order valence-corrected chi connectivity index (χ2v) is 8.08. The maximum Gasteiger partial charge on any atom is 0.211 e. The van der Waals surface area contributed by atoms with Gasteiger partial charge in [0, 0.05) is 5.56 Å². The van der Waals surface area contributed by atoms with Crippen molar-refractivity contribution >= 4 is 21.9 Å². The number of ketones is 1. The van der Waals surface area contributed by atoms with Crippen LogP contribution in [0.25, 0.3) is 0 Å². The van der Waals surface area contributed by atoms with Crippen LogP contribution in [0.5, 0.6) is 0 Å². The average Bonchev–Trinajstić information content (AvgIpc) is 2.35. The first kappa shape index (κ1) is 15.6. The SMILES string of the molecule is CC(C)(C)S(=O)(=O)CC([C]=O)C(=O)c1ccccc1. The molecule has 0 aliphatic carbocycles. The number of carbonyl (C=O) groups is 1. The van der Waals surface area contributed by atoms with Crippen molar-refractivity contribution in [2.24, 2.45) is 5.92 Å². The Kier molecular flexibility index (Phi) is 4.63. The van der Waals surface area contributed by atoms with Crippen molar-refractivity contribution in [2.45, 2.75) is 25.5 Å². The maximum absolute atomic E-state index is 12.1. The van der Waals surface area contributed by atoms with Crippen molar-refractivity contribution in [1.82, 2.24) is 0 Å². The lowest BCUT2D eigenvalue weighted by Gasteiger charge is -2.20. The summed E-state index contributed by atoms with van der Waals surface area (Å²) in [6, 6.07) is 8.16. The van der Waals surface area contributed by atoms with Gasteiger partial charge in [0.05, 0.1) is 10.5 Å². The van der Waals surface area contributed by atoms with E-state index in [9.17, 15) is 18.0 Å². The van der Waals surface area contributed by atoms with Crippen LogP contribution < -0.4 is 0 Å². The molecule has 0 aliphatic heterocycles. The molecule has 1 rings (SSSR count). The molecular formula is C14H17O4S. The number of sulfone groups is 1. The van der Waals surface area contributed by atoms with E-state index in [1.54, 1.807) is 36.6 Å². The van der Waals surface area contributed by atoms with Gasteiger partial charge in [-0.15, -0.1) is 0 Å². The highest BCUT2D eigenvalue weighted by molar-refractivity contribution is 7.92. The normalized spacial score (nSPS) is 13.8. The first-order chi connectivity index (χ1) is 8.69. The first-order valence-corrected chi connectivity index (χ1v) is 7.53. The zero-order chi connectivity index (χ0) is 14.7. The largest absolute Gasteiger partial charge is 0.293 e. The van der Waals surface area contributed by atoms with Crippen molar-refractivity contribution in [3.05, 3.63) is 35.9 Å². The predicted octanol–water partition coefficient (Wildman–Crippen LogP) is 1.81. The maximum atomic E-state index is 12.1. The molecule has 1 aromatic rings. The summed E-state index contributed by atoms with van der Waals surface area (Å²) >= 11 is 0. The van der Waals surface area contributed by atoms with E-state index < -0.39 is 32.0 Å². The highest BCUT2D eigenvalue weighted by Gasteiger charge is 2.34. The van der Waals surface area contributed by atoms with Crippen molar-refractivity contribution in [3.63, 3.8) is 0 Å². The zero-order valence-corrected chi connectivity index (χ0v) is 12.0. The molecule has 4 nitrogen and oxygen atoms in total. The molecule has 0 saturated heterocycles. The van der Waals surface area contributed by atoms with Gasteiger partial charge >= 0.3 is 0 Å². The second kappa shape index (κ2) is 5.65. The molecule has 0 aromatic heterocycles. The molecule has 1 unspecified atom stereocenters. The smallest absolute Gasteiger partial charge is 0.211 e. The molecule has 103 valence electrons. The van der Waals surface area contributed by atoms with E-state index in [0.717, 1.165) is 0 Å². The van der Waals surface area contributed by atoms with Gasteiger partial charge in [-0.25, -0.2) is 8.42 Å². The molecular weight excluding hydrogens is 264 g/mol. The highest BCUT2D eigenvalue weighted by atomic mass is 32.2. The third-order valence-electron chi connectivity index (χ3n) is 2.84. The lowest BCUT2D eigenvalue weighted by Crippen LogP contribution is -2.36. The zero-order valence-electron chi connectivity index (χ0n) is 11.2. The van der Waals surface area contributed by atoms with E-state index >= 15 is 0 Å². The Morgan fingerprint density at radius 1 is 1.21 bits per heavy atom. The second-order valence-electron chi connectivity index (χ2n) is 5.29. The summed E-state index contributed by atoms with van der Waals surface area (Å²) in [7, 11) is -3.55. The Balaban J connectivity index is 2.98. The molecule has 0 bridgehead atoms. The van der Waals surface area contributed by atoms with E-state index in [1.807, 2.05) is 0 Å². The standard InChI is InChI=1S/C14H17O4S/c1-14(2,3)19(17,18)10-12(9-15)13(16)11-7-5-4-6-8-11/h4-8,12H,10H2,1-3H3. The summed E-state index contributed by atoms with van der Waals surface area (Å²) in [6.45, 7) is 4.62. The summed E-state index contributed by atoms with van der Waals surface area (Å²) in [5.41, 5.74) is 0.319. The van der Waals surface area contributed by atoms with Crippen LogP contribution in [0.1, 0.15) is 31.1 Å². The van der Waals surface area contributed by atoms with Crippen LogP contribution in [0.15, 0.2) is 30.3 Å². The van der Waals surface area contributed by atoms with Gasteiger partial charge in [0.2, 0.25) is 6.29 Å². The quantitative estimate of drug-likeness (QED) is 0.609. The molecule has 0 saturated carbocycles. The van der Waals surface area contributed by atoms with Gasteiger partial charge < -0.3 is 0 Å². The van der Waals surface area contributed by atoms with Crippen molar-refractivity contribution in [1.29, 1.82) is 0 Å². The van der Waals surface area contributed by atoms with Gasteiger partial charge in [0.15, 0.2) is 15.6 Å². The molecule has 1 aromatic carbocycles. The van der Waals surface area contributed by atoms with Gasteiger partial charge in [-0.3, -0.25) is 9.59 Å². The minimum Gasteiger partial charge on any atom is -0.293 e. The van der Waals surface area contributed by atoms with Crippen LogP contribution in [0, 0.1) is 5.92 Å². The van der Waals surface area contributed by atoms with Crippen LogP contribution >= 0.6 is 0 Å². The van der Waals surface area contributed by atoms with Crippen LogP contribution in [0.3, 0.4) is 0 Å². The van der Waals surface area contributed by atoms with E-state index in [2.05, 4.69) is 0 Å². The van der Waals surface area contributed by atoms with E-state index in [-0.39, 0.29) is 0 Å². The third kappa shape index (κ3) is 3.73. The van der Waals surface area contributed by atoms with Crippen molar-refractivity contribution < 1.29 is 18.0 Å². The summed E-state index contributed by atoms with van der Waals surface area (Å²) < 4.78 is 23.1. The Labute approximate surface area is 113 Å². The van der Waals surface area contributed by atoms with Gasteiger partial charge in [-0.2, -0.15) is 0 Å². The minimum absolute atomic E-state index is 0.319. The highest BCUT2D eigenvalue weighted by Crippen LogP contribution is 2.20. The Morgan fingerprint density at radius 3 is 2.16 bits per heavy atom. The van der Waals surface area contributed by atoms with Crippen LogP contribution in [-0.4, -0.2) is 31.0 Å². The fraction of sp³-hybridized carbons (Fsp3) is 0.429. The van der Waals surface area contributed by atoms with Crippen LogP contribution in [0.4, 0.5) is 0 Å². The van der Waals surface area contributed by atoms with E-state index in [1.165, 1.54) is 20.8 Å². The third-order valence-corrected chi connectivity index (χ3v) is 5.47. The summed E-state index contributed by atoms with van der Waals surface area (Å²) in [6.07, 6.45) is 1.55. The van der Waals surface area contributed by atoms with Gasteiger partial charge in [0.25, 0.3) is 0 Å². The van der Waals surface area contributed by atoms with Gasteiger partial charge in [0.1, 0.15) is 5.92 Å². The summed E-state index contributed by atoms with van der Waals surface area (Å²) in [5.74, 6) is -2.29. The molecule has 0 amide bonds. The van der Waals surface area contributed by atoms with Crippen LogP contribution in [-0.2, 0) is 14.6 Å². The number of Topliss-reactive ketones (excluding diaryl/α,β-unsaturated/α-hetero) is 1. The fourth-order valence-electron chi connectivity index (χ4n) is 1.44. The van der Waals surface area contributed by atoms with Crippen molar-refractivity contribution in [3.8, 4) is 0 Å². The molecule has 0 fully saturated rings. The number of hydrogen-bond acceptors (Lipinski definition) is 4. The average molecular weight is 281 g/mol. The minimum atomic E-state index is -3.55. The monoisotopic (exact) mass is 281 g/mol. The fourth-order valence-corrected chi connectivity index (χ4v) is 2.59. The number of benzene rings is 1. The Hall–Kier alpha value is -1.49. The van der Waals surface area contributed by atoms with Crippen molar-refractivity contribution in [2.75, 3.05) is 5.75 Å². The Bertz CT molecular complexity index is 553. The molecule has 5 heteroatoms. The summed E-state index contributed by atoms with van der Waals surface area (Å²) in [4.78, 5) is 23.0. The molecule has 1 radical (unpaired) electrons. The topological polar surface area (TPSA) is 68.3 Å². The lowest BCUT2D eigenvalue weighted by molar-refractivity contribution is 0.0961. The molecule has 0 aliphatic rings. The molecule has 0 N–H and O–H groups in total. The van der Waals surface area contributed by atoms with Crippen LogP contribution in [0.2, 0.25) is 0 Å². The molecule has 0 spiro atoms. The molecule has 1 atom stereocenters. The molecule has 19 heavy (non-hydrogen) atoms. The summed E-state index contributed by atoms with van der Waals surface area (Å²) in [5, 5.41) is 0. The Morgan fingerprint density at radius 2 is 1.74 bits per heavy atom.